The molecule has 0 spiro atoms. The topological polar surface area (TPSA) is 88.1 Å². The molecule has 1 saturated carbocycles. The van der Waals surface area contributed by atoms with E-state index in [1.165, 1.54) is 0 Å². The van der Waals surface area contributed by atoms with E-state index in [1.54, 1.807) is 4.90 Å². The highest BCUT2D eigenvalue weighted by atomic mass is 16.6. The van der Waals surface area contributed by atoms with Gasteiger partial charge in [0.15, 0.2) is 0 Å². The summed E-state index contributed by atoms with van der Waals surface area (Å²) in [6.45, 7) is 15.3. The Bertz CT molecular complexity index is 902. The van der Waals surface area contributed by atoms with Crippen molar-refractivity contribution in [2.24, 2.45) is 11.8 Å². The van der Waals surface area contributed by atoms with E-state index in [2.05, 4.69) is 17.4 Å². The van der Waals surface area contributed by atoms with Gasteiger partial charge in [0.25, 0.3) is 0 Å². The van der Waals surface area contributed by atoms with Crippen LogP contribution in [0, 0.1) is 11.8 Å². The molecule has 0 radical (unpaired) electrons. The molecule has 202 valence electrons. The molecular formula is C29H46N2O5. The maximum atomic E-state index is 13.4. The lowest BCUT2D eigenvalue weighted by molar-refractivity contribution is -0.132. The molecule has 0 bridgehead atoms. The predicted molar refractivity (Wildman–Crippen MR) is 140 cm³/mol. The minimum Gasteiger partial charge on any atom is -0.444 e. The molecular weight excluding hydrogens is 456 g/mol. The second kappa shape index (κ2) is 10.7. The van der Waals surface area contributed by atoms with E-state index in [0.717, 1.165) is 12.0 Å². The molecule has 3 rings (SSSR count). The molecule has 5 unspecified atom stereocenters. The summed E-state index contributed by atoms with van der Waals surface area (Å²) in [5.41, 5.74) is -0.718. The zero-order chi connectivity index (χ0) is 26.9. The van der Waals surface area contributed by atoms with Crippen molar-refractivity contribution in [3.8, 4) is 0 Å². The van der Waals surface area contributed by atoms with Crippen LogP contribution >= 0.6 is 0 Å². The molecule has 1 aromatic carbocycles. The fraction of sp³-hybridized carbons (Fsp3) is 0.724. The van der Waals surface area contributed by atoms with Crippen molar-refractivity contribution in [1.82, 2.24) is 10.2 Å². The highest BCUT2D eigenvalue weighted by Gasteiger charge is 2.52. The molecule has 1 aliphatic carbocycles. The van der Waals surface area contributed by atoms with E-state index < -0.39 is 23.5 Å². The van der Waals surface area contributed by atoms with Crippen LogP contribution in [0.4, 0.5) is 4.79 Å². The van der Waals surface area contributed by atoms with E-state index in [0.29, 0.717) is 25.7 Å². The quantitative estimate of drug-likeness (QED) is 0.588. The molecule has 36 heavy (non-hydrogen) atoms. The van der Waals surface area contributed by atoms with Crippen LogP contribution in [0.3, 0.4) is 0 Å². The lowest BCUT2D eigenvalue weighted by Crippen LogP contribution is -2.51. The average Bonchev–Trinajstić information content (AvgIpc) is 2.96. The van der Waals surface area contributed by atoms with Crippen molar-refractivity contribution in [1.29, 1.82) is 0 Å². The van der Waals surface area contributed by atoms with Crippen molar-refractivity contribution in [3.05, 3.63) is 35.9 Å². The number of carbonyl (C=O) groups excluding carboxylic acids is 2. The summed E-state index contributed by atoms with van der Waals surface area (Å²) in [5, 5.41) is 13.5. The zero-order valence-corrected chi connectivity index (χ0v) is 23.3. The molecule has 2 N–H and O–H groups in total. The third-order valence-electron chi connectivity index (χ3n) is 6.99. The lowest BCUT2D eigenvalue weighted by Gasteiger charge is -2.37. The number of benzene rings is 1. The fourth-order valence-electron chi connectivity index (χ4n) is 5.60. The molecule has 2 fully saturated rings. The van der Waals surface area contributed by atoms with Gasteiger partial charge in [-0.25, -0.2) is 4.79 Å². The average molecular weight is 503 g/mol. The maximum absolute atomic E-state index is 13.4. The van der Waals surface area contributed by atoms with E-state index >= 15 is 0 Å². The molecule has 2 amide bonds. The van der Waals surface area contributed by atoms with E-state index in [-0.39, 0.29) is 35.4 Å². The Morgan fingerprint density at radius 2 is 1.75 bits per heavy atom. The Labute approximate surface area is 216 Å². The number of nitrogens with zero attached hydrogens (tertiary/aromatic N) is 1. The molecule has 1 aromatic rings. The van der Waals surface area contributed by atoms with Crippen LogP contribution in [0.15, 0.2) is 30.3 Å². The number of hydrogen-bond acceptors (Lipinski definition) is 5. The summed E-state index contributed by atoms with van der Waals surface area (Å²) in [6, 6.07) is 9.86. The van der Waals surface area contributed by atoms with Crippen molar-refractivity contribution < 1.29 is 24.2 Å². The first-order chi connectivity index (χ1) is 16.6. The van der Waals surface area contributed by atoms with E-state index in [4.69, 9.17) is 9.47 Å². The normalized spacial score (nSPS) is 28.6. The van der Waals surface area contributed by atoms with Gasteiger partial charge in [0.05, 0.1) is 18.2 Å². The van der Waals surface area contributed by atoms with Gasteiger partial charge in [-0.05, 0) is 99.0 Å². The Morgan fingerprint density at radius 1 is 1.11 bits per heavy atom. The van der Waals surface area contributed by atoms with Crippen molar-refractivity contribution in [2.75, 3.05) is 0 Å². The lowest BCUT2D eigenvalue weighted by atomic mass is 9.73. The number of carbonyl (C=O) groups is 2. The summed E-state index contributed by atoms with van der Waals surface area (Å²) in [4.78, 5) is 28.4. The fourth-order valence-corrected chi connectivity index (χ4v) is 5.60. The smallest absolute Gasteiger partial charge is 0.412 e. The van der Waals surface area contributed by atoms with Crippen LogP contribution in [-0.4, -0.2) is 57.1 Å². The SMILES string of the molecule is CC(C)(C)NC(=O)C1CC(O)CCC1CC1OC(C)(C)N(C(=O)OC(C)(C)C)C1Cc1ccccc1. The van der Waals surface area contributed by atoms with Gasteiger partial charge in [-0.1, -0.05) is 30.3 Å². The number of ether oxygens (including phenoxy) is 2. The van der Waals surface area contributed by atoms with Crippen LogP contribution in [0.5, 0.6) is 0 Å². The number of aliphatic hydroxyl groups is 1. The summed E-state index contributed by atoms with van der Waals surface area (Å²) < 4.78 is 12.4. The largest absolute Gasteiger partial charge is 0.444 e. The van der Waals surface area contributed by atoms with Gasteiger partial charge in [-0.2, -0.15) is 0 Å². The minimum absolute atomic E-state index is 0.0212. The first-order valence-corrected chi connectivity index (χ1v) is 13.3. The molecule has 1 heterocycles. The van der Waals surface area contributed by atoms with E-state index in [9.17, 15) is 14.7 Å². The maximum Gasteiger partial charge on any atom is 0.412 e. The predicted octanol–water partition coefficient (Wildman–Crippen LogP) is 5.05. The van der Waals surface area contributed by atoms with Crippen molar-refractivity contribution in [3.63, 3.8) is 0 Å². The number of hydrogen-bond donors (Lipinski definition) is 2. The number of amides is 2. The van der Waals surface area contributed by atoms with Crippen LogP contribution in [-0.2, 0) is 20.7 Å². The molecule has 2 aliphatic rings. The standard InChI is InChI=1S/C29H46N2O5/c1-27(2,3)30-25(33)22-18-21(32)15-14-20(22)17-24-23(16-19-12-10-9-11-13-19)31(29(7,8)35-24)26(34)36-28(4,5)6/h9-13,20-24,32H,14-18H2,1-8H3,(H,30,33). The molecule has 7 heteroatoms. The highest BCUT2D eigenvalue weighted by molar-refractivity contribution is 5.79. The number of rotatable bonds is 5. The number of nitrogens with one attached hydrogen (secondary N) is 1. The molecule has 1 saturated heterocycles. The Kier molecular flexibility index (Phi) is 8.46. The molecule has 7 nitrogen and oxygen atoms in total. The Hall–Kier alpha value is -2.12. The molecule has 0 aromatic heterocycles. The van der Waals surface area contributed by atoms with E-state index in [1.807, 2.05) is 73.6 Å². The van der Waals surface area contributed by atoms with Crippen LogP contribution in [0.25, 0.3) is 0 Å². The first kappa shape index (κ1) is 28.5. The van der Waals surface area contributed by atoms with Gasteiger partial charge in [0, 0.05) is 11.5 Å². The first-order valence-electron chi connectivity index (χ1n) is 13.3. The van der Waals surface area contributed by atoms with Gasteiger partial charge < -0.3 is 19.9 Å². The molecule has 5 atom stereocenters. The second-order valence-corrected chi connectivity index (χ2v) is 13.0. The van der Waals surface area contributed by atoms with Gasteiger partial charge in [0.1, 0.15) is 11.3 Å². The summed E-state index contributed by atoms with van der Waals surface area (Å²) in [6.07, 6.45) is 1.98. The van der Waals surface area contributed by atoms with Crippen molar-refractivity contribution in [2.45, 2.75) is 123 Å². The summed E-state index contributed by atoms with van der Waals surface area (Å²) in [5.74, 6) is -0.270. The Morgan fingerprint density at radius 3 is 2.33 bits per heavy atom. The van der Waals surface area contributed by atoms with Crippen LogP contribution in [0.1, 0.15) is 86.6 Å². The zero-order valence-electron chi connectivity index (χ0n) is 23.3. The number of aliphatic hydroxyl groups excluding tert-OH is 1. The van der Waals surface area contributed by atoms with Crippen LogP contribution in [0.2, 0.25) is 0 Å². The van der Waals surface area contributed by atoms with Gasteiger partial charge in [-0.3, -0.25) is 9.69 Å². The molecule has 1 aliphatic heterocycles. The summed E-state index contributed by atoms with van der Waals surface area (Å²) >= 11 is 0. The van der Waals surface area contributed by atoms with Gasteiger partial charge in [0.2, 0.25) is 5.91 Å². The highest BCUT2D eigenvalue weighted by Crippen LogP contribution is 2.42. The van der Waals surface area contributed by atoms with Gasteiger partial charge >= 0.3 is 6.09 Å². The summed E-state index contributed by atoms with van der Waals surface area (Å²) in [7, 11) is 0. The third-order valence-corrected chi connectivity index (χ3v) is 6.99. The Balaban J connectivity index is 1.89. The third kappa shape index (κ3) is 7.45. The monoisotopic (exact) mass is 502 g/mol. The van der Waals surface area contributed by atoms with Crippen molar-refractivity contribution >= 4 is 12.0 Å². The van der Waals surface area contributed by atoms with Crippen LogP contribution < -0.4 is 5.32 Å². The van der Waals surface area contributed by atoms with Gasteiger partial charge in [-0.15, -0.1) is 0 Å². The second-order valence-electron chi connectivity index (χ2n) is 13.0. The minimum atomic E-state index is -0.857.